The Hall–Kier alpha value is -3.32. The third kappa shape index (κ3) is 4.75. The Kier molecular flexibility index (Phi) is 5.76. The van der Waals surface area contributed by atoms with Gasteiger partial charge in [-0.1, -0.05) is 41.9 Å². The third-order valence-electron chi connectivity index (χ3n) is 4.65. The van der Waals surface area contributed by atoms with Crippen molar-refractivity contribution >= 4 is 40.8 Å². The number of halogens is 1. The first-order chi connectivity index (χ1) is 14.2. The van der Waals surface area contributed by atoms with Gasteiger partial charge in [-0.3, -0.25) is 0 Å². The zero-order valence-corrected chi connectivity index (χ0v) is 16.5. The van der Waals surface area contributed by atoms with Gasteiger partial charge in [0.05, 0.1) is 10.7 Å². The van der Waals surface area contributed by atoms with E-state index in [9.17, 15) is 4.79 Å². The van der Waals surface area contributed by atoms with Crippen molar-refractivity contribution in [1.29, 1.82) is 0 Å². The predicted molar refractivity (Wildman–Crippen MR) is 116 cm³/mol. The van der Waals surface area contributed by atoms with E-state index in [-0.39, 0.29) is 6.03 Å². The van der Waals surface area contributed by atoms with Crippen LogP contribution in [-0.2, 0) is 0 Å². The first-order valence-corrected chi connectivity index (χ1v) is 9.77. The summed E-state index contributed by atoms with van der Waals surface area (Å²) in [6.07, 6.45) is 1.72. The van der Waals surface area contributed by atoms with Crippen molar-refractivity contribution in [3.8, 4) is 0 Å². The molecule has 2 aromatic carbocycles. The molecule has 0 saturated carbocycles. The van der Waals surface area contributed by atoms with E-state index in [0.717, 1.165) is 11.4 Å². The molecule has 29 heavy (non-hydrogen) atoms. The molecule has 0 unspecified atom stereocenters. The van der Waals surface area contributed by atoms with Crippen LogP contribution in [0.1, 0.15) is 0 Å². The number of benzene rings is 2. The van der Waals surface area contributed by atoms with E-state index in [0.29, 0.717) is 43.0 Å². The number of hydrogen-bond donors (Lipinski definition) is 2. The number of anilines is 4. The molecule has 1 aliphatic heterocycles. The molecule has 0 spiro atoms. The SMILES string of the molecule is O=C(Nc1ccccc1)N1CCN(c2nccc(Nc3ccccc3Cl)n2)CC1. The predicted octanol–water partition coefficient (Wildman–Crippen LogP) is 4.23. The fourth-order valence-corrected chi connectivity index (χ4v) is 3.29. The summed E-state index contributed by atoms with van der Waals surface area (Å²) in [5.74, 6) is 1.30. The van der Waals surface area contributed by atoms with Crippen molar-refractivity contribution in [2.75, 3.05) is 41.7 Å². The Morgan fingerprint density at radius 3 is 2.41 bits per heavy atom. The highest BCUT2D eigenvalue weighted by Crippen LogP contribution is 2.24. The number of para-hydroxylation sites is 2. The van der Waals surface area contributed by atoms with Crippen LogP contribution in [0.5, 0.6) is 0 Å². The van der Waals surface area contributed by atoms with E-state index in [1.807, 2.05) is 54.6 Å². The van der Waals surface area contributed by atoms with Gasteiger partial charge in [-0.15, -0.1) is 0 Å². The molecule has 7 nitrogen and oxygen atoms in total. The number of piperazine rings is 1. The molecule has 0 radical (unpaired) electrons. The standard InChI is InChI=1S/C21H21ClN6O/c22-17-8-4-5-9-18(17)25-19-10-11-23-20(26-19)27-12-14-28(15-13-27)21(29)24-16-6-2-1-3-7-16/h1-11H,12-15H2,(H,24,29)(H,23,25,26). The van der Waals surface area contributed by atoms with Crippen molar-refractivity contribution in [3.63, 3.8) is 0 Å². The number of hydrogen-bond acceptors (Lipinski definition) is 5. The molecule has 0 atom stereocenters. The highest BCUT2D eigenvalue weighted by Gasteiger charge is 2.22. The lowest BCUT2D eigenvalue weighted by molar-refractivity contribution is 0.208. The van der Waals surface area contributed by atoms with Crippen molar-refractivity contribution in [2.45, 2.75) is 0 Å². The van der Waals surface area contributed by atoms with Crippen LogP contribution < -0.4 is 15.5 Å². The smallest absolute Gasteiger partial charge is 0.321 e. The number of rotatable bonds is 4. The summed E-state index contributed by atoms with van der Waals surface area (Å²) in [6, 6.07) is 18.7. The molecule has 2 heterocycles. The summed E-state index contributed by atoms with van der Waals surface area (Å²) in [5, 5.41) is 6.77. The first kappa shape index (κ1) is 19.0. The molecule has 2 N–H and O–H groups in total. The second kappa shape index (κ2) is 8.79. The molecular formula is C21H21ClN6O. The summed E-state index contributed by atoms with van der Waals surface area (Å²) in [6.45, 7) is 2.53. The maximum Gasteiger partial charge on any atom is 0.321 e. The fourth-order valence-electron chi connectivity index (χ4n) is 3.10. The molecule has 0 aliphatic carbocycles. The van der Waals surface area contributed by atoms with Crippen molar-refractivity contribution in [1.82, 2.24) is 14.9 Å². The number of amides is 2. The van der Waals surface area contributed by atoms with Crippen LogP contribution in [0.4, 0.5) is 27.9 Å². The monoisotopic (exact) mass is 408 g/mol. The number of carbonyl (C=O) groups is 1. The summed E-state index contributed by atoms with van der Waals surface area (Å²) in [5.41, 5.74) is 1.59. The lowest BCUT2D eigenvalue weighted by atomic mass is 10.3. The van der Waals surface area contributed by atoms with Gasteiger partial charge in [0, 0.05) is 38.1 Å². The maximum atomic E-state index is 12.4. The minimum absolute atomic E-state index is 0.0918. The normalized spacial score (nSPS) is 13.8. The van der Waals surface area contributed by atoms with Gasteiger partial charge in [0.25, 0.3) is 0 Å². The molecule has 8 heteroatoms. The first-order valence-electron chi connectivity index (χ1n) is 9.39. The fraction of sp³-hybridized carbons (Fsp3) is 0.190. The lowest BCUT2D eigenvalue weighted by Crippen LogP contribution is -2.50. The number of nitrogens with one attached hydrogen (secondary N) is 2. The summed E-state index contributed by atoms with van der Waals surface area (Å²) in [7, 11) is 0. The Labute approximate surface area is 174 Å². The van der Waals surface area contributed by atoms with E-state index < -0.39 is 0 Å². The van der Waals surface area contributed by atoms with Crippen LogP contribution in [-0.4, -0.2) is 47.1 Å². The minimum Gasteiger partial charge on any atom is -0.339 e. The van der Waals surface area contributed by atoms with Crippen LogP contribution in [0.2, 0.25) is 5.02 Å². The van der Waals surface area contributed by atoms with Crippen LogP contribution in [0.25, 0.3) is 0 Å². The highest BCUT2D eigenvalue weighted by atomic mass is 35.5. The summed E-state index contributed by atoms with van der Waals surface area (Å²) >= 11 is 6.21. The number of nitrogens with zero attached hydrogens (tertiary/aromatic N) is 4. The van der Waals surface area contributed by atoms with Gasteiger partial charge in [0.2, 0.25) is 5.95 Å². The Balaban J connectivity index is 1.36. The quantitative estimate of drug-likeness (QED) is 0.675. The van der Waals surface area contributed by atoms with Crippen molar-refractivity contribution in [2.24, 2.45) is 0 Å². The molecule has 1 saturated heterocycles. The molecule has 1 fully saturated rings. The van der Waals surface area contributed by atoms with Crippen molar-refractivity contribution < 1.29 is 4.79 Å². The van der Waals surface area contributed by atoms with Gasteiger partial charge in [-0.25, -0.2) is 9.78 Å². The molecule has 1 aliphatic rings. The van der Waals surface area contributed by atoms with Crippen LogP contribution in [0, 0.1) is 0 Å². The zero-order chi connectivity index (χ0) is 20.1. The number of carbonyl (C=O) groups excluding carboxylic acids is 1. The van der Waals surface area contributed by atoms with Gasteiger partial charge < -0.3 is 20.4 Å². The van der Waals surface area contributed by atoms with Crippen LogP contribution in [0.3, 0.4) is 0 Å². The largest absolute Gasteiger partial charge is 0.339 e. The molecule has 0 bridgehead atoms. The maximum absolute atomic E-state index is 12.4. The zero-order valence-electron chi connectivity index (χ0n) is 15.8. The van der Waals surface area contributed by atoms with E-state index in [2.05, 4.69) is 25.5 Å². The molecular weight excluding hydrogens is 388 g/mol. The minimum atomic E-state index is -0.0918. The van der Waals surface area contributed by atoms with E-state index in [1.54, 1.807) is 17.2 Å². The Morgan fingerprint density at radius 1 is 0.931 bits per heavy atom. The number of urea groups is 1. The lowest BCUT2D eigenvalue weighted by Gasteiger charge is -2.34. The van der Waals surface area contributed by atoms with Crippen LogP contribution >= 0.6 is 11.6 Å². The molecule has 4 rings (SSSR count). The van der Waals surface area contributed by atoms with Crippen LogP contribution in [0.15, 0.2) is 66.9 Å². The van der Waals surface area contributed by atoms with Gasteiger partial charge in [-0.05, 0) is 30.3 Å². The molecule has 2 amide bonds. The van der Waals surface area contributed by atoms with Gasteiger partial charge in [0.15, 0.2) is 0 Å². The number of aromatic nitrogens is 2. The molecule has 3 aromatic rings. The van der Waals surface area contributed by atoms with Gasteiger partial charge >= 0.3 is 6.03 Å². The average molecular weight is 409 g/mol. The highest BCUT2D eigenvalue weighted by molar-refractivity contribution is 6.33. The second-order valence-electron chi connectivity index (χ2n) is 6.62. The molecule has 1 aromatic heterocycles. The molecule has 148 valence electrons. The topological polar surface area (TPSA) is 73.4 Å². The van der Waals surface area contributed by atoms with Crippen molar-refractivity contribution in [3.05, 3.63) is 71.9 Å². The van der Waals surface area contributed by atoms with E-state index >= 15 is 0 Å². The second-order valence-corrected chi connectivity index (χ2v) is 7.02. The van der Waals surface area contributed by atoms with E-state index in [4.69, 9.17) is 11.6 Å². The average Bonchev–Trinajstić information content (AvgIpc) is 2.76. The Bertz CT molecular complexity index is 976. The summed E-state index contributed by atoms with van der Waals surface area (Å²) in [4.78, 5) is 25.3. The van der Waals surface area contributed by atoms with Gasteiger partial charge in [-0.2, -0.15) is 4.98 Å². The van der Waals surface area contributed by atoms with Gasteiger partial charge in [0.1, 0.15) is 5.82 Å². The third-order valence-corrected chi connectivity index (χ3v) is 4.98. The van der Waals surface area contributed by atoms with E-state index in [1.165, 1.54) is 0 Å². The Morgan fingerprint density at radius 2 is 1.66 bits per heavy atom. The summed E-state index contributed by atoms with van der Waals surface area (Å²) < 4.78 is 0.